The van der Waals surface area contributed by atoms with Crippen LogP contribution >= 0.6 is 0 Å². The molecule has 2 rings (SSSR count). The number of rotatable bonds is 4. The summed E-state index contributed by atoms with van der Waals surface area (Å²) < 4.78 is 5.25. The normalized spacial score (nSPS) is 10.3. The smallest absolute Gasteiger partial charge is 0.129 e. The molecule has 0 unspecified atom stereocenters. The van der Waals surface area contributed by atoms with Crippen LogP contribution in [0.1, 0.15) is 16.7 Å². The van der Waals surface area contributed by atoms with Gasteiger partial charge in [0.1, 0.15) is 11.6 Å². The van der Waals surface area contributed by atoms with Crippen molar-refractivity contribution in [1.82, 2.24) is 4.98 Å². The molecule has 0 fully saturated rings. The topological polar surface area (TPSA) is 60.2 Å². The molecule has 4 nitrogen and oxygen atoms in total. The molecule has 0 atom stereocenters. The molecule has 3 N–H and O–H groups in total. The number of pyridine rings is 1. The molecule has 1 aromatic heterocycles. The first-order valence-electron chi connectivity index (χ1n) is 6.19. The van der Waals surface area contributed by atoms with Gasteiger partial charge in [-0.15, -0.1) is 0 Å². The monoisotopic (exact) mass is 257 g/mol. The van der Waals surface area contributed by atoms with E-state index in [4.69, 9.17) is 10.5 Å². The summed E-state index contributed by atoms with van der Waals surface area (Å²) in [6.07, 6.45) is 1.66. The van der Waals surface area contributed by atoms with Crippen molar-refractivity contribution in [3.05, 3.63) is 47.2 Å². The average molecular weight is 257 g/mol. The van der Waals surface area contributed by atoms with Crippen molar-refractivity contribution in [3.63, 3.8) is 0 Å². The summed E-state index contributed by atoms with van der Waals surface area (Å²) in [5.41, 5.74) is 9.73. The Morgan fingerprint density at radius 3 is 2.63 bits per heavy atom. The first-order valence-corrected chi connectivity index (χ1v) is 6.19. The number of nitrogen functional groups attached to an aromatic ring is 1. The van der Waals surface area contributed by atoms with Gasteiger partial charge in [0.25, 0.3) is 0 Å². The molecule has 0 aliphatic heterocycles. The Morgan fingerprint density at radius 1 is 1.21 bits per heavy atom. The number of anilines is 2. The van der Waals surface area contributed by atoms with Crippen LogP contribution < -0.4 is 15.8 Å². The summed E-state index contributed by atoms with van der Waals surface area (Å²) in [6.45, 7) is 4.75. The third-order valence-electron chi connectivity index (χ3n) is 3.02. The lowest BCUT2D eigenvalue weighted by Crippen LogP contribution is -2.04. The molecule has 0 amide bonds. The number of methoxy groups -OCH3 is 1. The maximum absolute atomic E-state index is 5.68. The van der Waals surface area contributed by atoms with Crippen molar-refractivity contribution in [3.8, 4) is 5.75 Å². The minimum atomic E-state index is 0.684. The Kier molecular flexibility index (Phi) is 3.90. The van der Waals surface area contributed by atoms with Gasteiger partial charge in [0.15, 0.2) is 0 Å². The van der Waals surface area contributed by atoms with Crippen molar-refractivity contribution in [1.29, 1.82) is 0 Å². The van der Waals surface area contributed by atoms with Gasteiger partial charge >= 0.3 is 0 Å². The van der Waals surface area contributed by atoms with Gasteiger partial charge < -0.3 is 15.8 Å². The number of nitrogens with zero attached hydrogens (tertiary/aromatic N) is 1. The summed E-state index contributed by atoms with van der Waals surface area (Å²) in [7, 11) is 1.68. The van der Waals surface area contributed by atoms with E-state index in [1.165, 1.54) is 5.56 Å². The van der Waals surface area contributed by atoms with Gasteiger partial charge in [-0.3, -0.25) is 0 Å². The highest BCUT2D eigenvalue weighted by atomic mass is 16.5. The lowest BCUT2D eigenvalue weighted by Gasteiger charge is -2.11. The molecule has 100 valence electrons. The largest absolute Gasteiger partial charge is 0.496 e. The van der Waals surface area contributed by atoms with E-state index in [1.807, 2.05) is 32.0 Å². The van der Waals surface area contributed by atoms with Gasteiger partial charge in [0, 0.05) is 6.54 Å². The zero-order valence-corrected chi connectivity index (χ0v) is 11.5. The van der Waals surface area contributed by atoms with E-state index in [-0.39, 0.29) is 0 Å². The standard InChI is InChI=1S/C15H19N3O/c1-10-6-12(4-5-14(10)19-3)8-17-15-11(2)7-13(16)9-18-15/h4-7,9H,8,16H2,1-3H3,(H,17,18). The van der Waals surface area contributed by atoms with Crippen LogP contribution in [0.3, 0.4) is 0 Å². The summed E-state index contributed by atoms with van der Waals surface area (Å²) in [6, 6.07) is 8.05. The van der Waals surface area contributed by atoms with Crippen LogP contribution in [-0.2, 0) is 6.54 Å². The van der Waals surface area contributed by atoms with Gasteiger partial charge in [-0.25, -0.2) is 4.98 Å². The Bertz CT molecular complexity index is 582. The van der Waals surface area contributed by atoms with Crippen LogP contribution in [-0.4, -0.2) is 12.1 Å². The van der Waals surface area contributed by atoms with E-state index in [0.29, 0.717) is 5.69 Å². The second-order valence-electron chi connectivity index (χ2n) is 4.59. The lowest BCUT2D eigenvalue weighted by molar-refractivity contribution is 0.411. The molecule has 0 aliphatic carbocycles. The summed E-state index contributed by atoms with van der Waals surface area (Å²) >= 11 is 0. The van der Waals surface area contributed by atoms with Gasteiger partial charge in [-0.05, 0) is 42.7 Å². The highest BCUT2D eigenvalue weighted by Crippen LogP contribution is 2.20. The maximum Gasteiger partial charge on any atom is 0.129 e. The molecular weight excluding hydrogens is 238 g/mol. The molecule has 0 spiro atoms. The Labute approximate surface area is 113 Å². The van der Waals surface area contributed by atoms with E-state index < -0.39 is 0 Å². The van der Waals surface area contributed by atoms with Gasteiger partial charge in [0.2, 0.25) is 0 Å². The van der Waals surface area contributed by atoms with E-state index >= 15 is 0 Å². The van der Waals surface area contributed by atoms with Crippen LogP contribution in [0.5, 0.6) is 5.75 Å². The highest BCUT2D eigenvalue weighted by molar-refractivity contribution is 5.51. The van der Waals surface area contributed by atoms with Crippen LogP contribution in [0, 0.1) is 13.8 Å². The summed E-state index contributed by atoms with van der Waals surface area (Å²) in [5, 5.41) is 3.31. The van der Waals surface area contributed by atoms with Gasteiger partial charge in [-0.1, -0.05) is 12.1 Å². The van der Waals surface area contributed by atoms with Crippen LogP contribution in [0.15, 0.2) is 30.5 Å². The minimum absolute atomic E-state index is 0.684. The molecule has 1 heterocycles. The molecule has 4 heteroatoms. The number of benzene rings is 1. The van der Waals surface area contributed by atoms with E-state index in [1.54, 1.807) is 13.3 Å². The predicted molar refractivity (Wildman–Crippen MR) is 78.4 cm³/mol. The first kappa shape index (κ1) is 13.2. The number of nitrogens with one attached hydrogen (secondary N) is 1. The van der Waals surface area contributed by atoms with Crippen molar-refractivity contribution in [2.45, 2.75) is 20.4 Å². The molecule has 19 heavy (non-hydrogen) atoms. The predicted octanol–water partition coefficient (Wildman–Crippen LogP) is 2.90. The summed E-state index contributed by atoms with van der Waals surface area (Å²) in [5.74, 6) is 1.77. The summed E-state index contributed by atoms with van der Waals surface area (Å²) in [4.78, 5) is 4.29. The third kappa shape index (κ3) is 3.16. The fourth-order valence-corrected chi connectivity index (χ4v) is 2.02. The van der Waals surface area contributed by atoms with Gasteiger partial charge in [-0.2, -0.15) is 0 Å². The maximum atomic E-state index is 5.68. The zero-order chi connectivity index (χ0) is 13.8. The lowest BCUT2D eigenvalue weighted by atomic mass is 10.1. The van der Waals surface area contributed by atoms with E-state index in [9.17, 15) is 0 Å². The first-order chi connectivity index (χ1) is 9.10. The molecule has 2 aromatic rings. The quantitative estimate of drug-likeness (QED) is 0.884. The van der Waals surface area contributed by atoms with Crippen LogP contribution in [0.2, 0.25) is 0 Å². The number of hydrogen-bond acceptors (Lipinski definition) is 4. The third-order valence-corrected chi connectivity index (χ3v) is 3.02. The van der Waals surface area contributed by atoms with Crippen LogP contribution in [0.25, 0.3) is 0 Å². The number of hydrogen-bond donors (Lipinski definition) is 2. The number of aryl methyl sites for hydroxylation is 2. The number of nitrogens with two attached hydrogens (primary N) is 1. The van der Waals surface area contributed by atoms with E-state index in [0.717, 1.165) is 29.2 Å². The minimum Gasteiger partial charge on any atom is -0.496 e. The Hall–Kier alpha value is -2.23. The fraction of sp³-hybridized carbons (Fsp3) is 0.267. The second kappa shape index (κ2) is 5.61. The van der Waals surface area contributed by atoms with E-state index in [2.05, 4.69) is 16.4 Å². The number of ether oxygens (including phenoxy) is 1. The molecular formula is C15H19N3O. The molecule has 0 saturated heterocycles. The average Bonchev–Trinajstić information content (AvgIpc) is 2.38. The molecule has 1 aromatic carbocycles. The fourth-order valence-electron chi connectivity index (χ4n) is 2.02. The Morgan fingerprint density at radius 2 is 2.00 bits per heavy atom. The van der Waals surface area contributed by atoms with Crippen LogP contribution in [0.4, 0.5) is 11.5 Å². The van der Waals surface area contributed by atoms with Crippen molar-refractivity contribution < 1.29 is 4.74 Å². The number of aromatic nitrogens is 1. The molecule has 0 aliphatic rings. The van der Waals surface area contributed by atoms with Crippen molar-refractivity contribution >= 4 is 11.5 Å². The van der Waals surface area contributed by atoms with Crippen molar-refractivity contribution in [2.75, 3.05) is 18.2 Å². The SMILES string of the molecule is COc1ccc(CNc2ncc(N)cc2C)cc1C. The molecule has 0 radical (unpaired) electrons. The molecule has 0 saturated carbocycles. The van der Waals surface area contributed by atoms with Gasteiger partial charge in [0.05, 0.1) is 19.0 Å². The molecule has 0 bridgehead atoms. The Balaban J connectivity index is 2.08. The van der Waals surface area contributed by atoms with Crippen molar-refractivity contribution in [2.24, 2.45) is 0 Å². The zero-order valence-electron chi connectivity index (χ0n) is 11.5. The second-order valence-corrected chi connectivity index (χ2v) is 4.59. The highest BCUT2D eigenvalue weighted by Gasteiger charge is 2.02.